The van der Waals surface area contributed by atoms with Gasteiger partial charge in [0.2, 0.25) is 0 Å². The van der Waals surface area contributed by atoms with E-state index in [2.05, 4.69) is 39.8 Å². The van der Waals surface area contributed by atoms with E-state index in [-0.39, 0.29) is 25.0 Å². The molecule has 0 bridgehead atoms. The Bertz CT molecular complexity index is 1150. The van der Waals surface area contributed by atoms with Gasteiger partial charge in [0.05, 0.1) is 46.5 Å². The number of anilines is 3. The highest BCUT2D eigenvalue weighted by Crippen LogP contribution is 2.48. The topological polar surface area (TPSA) is 70.7 Å². The zero-order valence-corrected chi connectivity index (χ0v) is 16.7. The Labute approximate surface area is 168 Å². The number of fused-ring (bicyclic) bond motifs is 4. The molecule has 0 amide bonds. The number of benzene rings is 2. The second-order valence-electron chi connectivity index (χ2n) is 7.90. The van der Waals surface area contributed by atoms with Crippen molar-refractivity contribution in [2.45, 2.75) is 32.0 Å². The lowest BCUT2D eigenvalue weighted by Gasteiger charge is -2.35. The molecule has 1 unspecified atom stereocenters. The van der Waals surface area contributed by atoms with Crippen LogP contribution in [0.5, 0.6) is 0 Å². The molecule has 6 nitrogen and oxygen atoms in total. The molecule has 0 fully saturated rings. The summed E-state index contributed by atoms with van der Waals surface area (Å²) in [6.07, 6.45) is 4.52. The van der Waals surface area contributed by atoms with Crippen molar-refractivity contribution in [1.29, 1.82) is 0 Å². The maximum atomic E-state index is 13.4. The van der Waals surface area contributed by atoms with Crippen LogP contribution in [0, 0.1) is 0 Å². The van der Waals surface area contributed by atoms with E-state index in [1.54, 1.807) is 13.0 Å². The molecule has 1 atom stereocenters. The first-order valence-electron chi connectivity index (χ1n) is 9.92. The number of nitrogens with one attached hydrogen (secondary N) is 2. The minimum atomic E-state index is -0.596. The monoisotopic (exact) mass is 389 g/mol. The van der Waals surface area contributed by atoms with Gasteiger partial charge in [0, 0.05) is 13.5 Å². The van der Waals surface area contributed by atoms with Gasteiger partial charge in [0.15, 0.2) is 5.78 Å². The zero-order chi connectivity index (χ0) is 20.3. The molecule has 1 spiro atoms. The molecule has 2 aromatic carbocycles. The second kappa shape index (κ2) is 6.11. The van der Waals surface area contributed by atoms with E-state index in [1.165, 1.54) is 0 Å². The van der Waals surface area contributed by atoms with Crippen molar-refractivity contribution in [3.05, 3.63) is 51.9 Å². The Hall–Kier alpha value is -3.28. The van der Waals surface area contributed by atoms with Gasteiger partial charge in [-0.05, 0) is 42.5 Å². The predicted octanol–water partition coefficient (Wildman–Crippen LogP) is 2.08. The number of rotatable bonds is 2. The molecular weight excluding hydrogens is 366 g/mol. The van der Waals surface area contributed by atoms with Gasteiger partial charge in [0.25, 0.3) is 0 Å². The van der Waals surface area contributed by atoms with Crippen molar-refractivity contribution in [2.75, 3.05) is 29.2 Å². The Kier molecular flexibility index (Phi) is 3.75. The fraction of sp³-hybridized carbons (Fsp3) is 0.304. The summed E-state index contributed by atoms with van der Waals surface area (Å²) in [6, 6.07) is 9.87. The molecule has 5 rings (SSSR count). The van der Waals surface area contributed by atoms with E-state index in [1.807, 2.05) is 26.1 Å². The number of ketones is 1. The average Bonchev–Trinajstić information content (AvgIpc) is 3.18. The average molecular weight is 389 g/mol. The SMILES string of the molecule is CCOC(=O)c1cc2c(c3c1C(=O)CC1(C=c4ccccc4=C1)N3)NC(C)N2C. The third-order valence-corrected chi connectivity index (χ3v) is 6.03. The van der Waals surface area contributed by atoms with Gasteiger partial charge in [-0.25, -0.2) is 4.79 Å². The van der Waals surface area contributed by atoms with Gasteiger partial charge in [-0.15, -0.1) is 0 Å². The Morgan fingerprint density at radius 2 is 1.93 bits per heavy atom. The van der Waals surface area contributed by atoms with E-state index >= 15 is 0 Å². The second-order valence-corrected chi connectivity index (χ2v) is 7.90. The lowest BCUT2D eigenvalue weighted by molar-refractivity contribution is 0.0523. The van der Waals surface area contributed by atoms with Crippen molar-refractivity contribution in [1.82, 2.24) is 0 Å². The van der Waals surface area contributed by atoms with Crippen molar-refractivity contribution in [3.63, 3.8) is 0 Å². The quantitative estimate of drug-likeness (QED) is 0.767. The van der Waals surface area contributed by atoms with Crippen molar-refractivity contribution < 1.29 is 14.3 Å². The predicted molar refractivity (Wildman–Crippen MR) is 114 cm³/mol. The van der Waals surface area contributed by atoms with Gasteiger partial charge < -0.3 is 20.3 Å². The van der Waals surface area contributed by atoms with Gasteiger partial charge in [-0.3, -0.25) is 4.79 Å². The van der Waals surface area contributed by atoms with Crippen LogP contribution in [0.2, 0.25) is 0 Å². The van der Waals surface area contributed by atoms with Crippen molar-refractivity contribution >= 4 is 41.0 Å². The van der Waals surface area contributed by atoms with Crippen LogP contribution >= 0.6 is 0 Å². The summed E-state index contributed by atoms with van der Waals surface area (Å²) in [6.45, 7) is 4.07. The molecule has 6 heteroatoms. The Balaban J connectivity index is 1.72. The molecular formula is C23H23N3O3. The molecule has 2 aromatic rings. The third-order valence-electron chi connectivity index (χ3n) is 6.03. The lowest BCUT2D eigenvalue weighted by Crippen LogP contribution is -2.40. The largest absolute Gasteiger partial charge is 0.462 e. The number of nitrogens with zero attached hydrogens (tertiary/aromatic N) is 1. The first-order chi connectivity index (χ1) is 13.9. The standard InChI is InChI=1S/C23H23N3O3/c1-4-29-22(28)16-9-17-20(24-13(2)26(17)3)21-19(16)18(27)12-23(25-21)10-14-7-5-6-8-15(14)11-23/h5-11,13,24-25H,4,12H2,1-3H3. The maximum Gasteiger partial charge on any atom is 0.339 e. The summed E-state index contributed by atoms with van der Waals surface area (Å²) in [5.41, 5.74) is 2.56. The molecule has 0 aromatic heterocycles. The molecule has 1 aliphatic carbocycles. The van der Waals surface area contributed by atoms with Crippen LogP contribution in [-0.4, -0.2) is 37.1 Å². The van der Waals surface area contributed by atoms with E-state index in [0.717, 1.165) is 21.8 Å². The van der Waals surface area contributed by atoms with Gasteiger partial charge in [0.1, 0.15) is 0 Å². The zero-order valence-electron chi connectivity index (χ0n) is 16.7. The summed E-state index contributed by atoms with van der Waals surface area (Å²) in [5, 5.41) is 9.26. The maximum absolute atomic E-state index is 13.4. The smallest absolute Gasteiger partial charge is 0.339 e. The van der Waals surface area contributed by atoms with Gasteiger partial charge in [-0.1, -0.05) is 24.3 Å². The van der Waals surface area contributed by atoms with Crippen LogP contribution in [0.1, 0.15) is 41.0 Å². The molecule has 2 N–H and O–H groups in total. The van der Waals surface area contributed by atoms with Crippen LogP contribution in [0.3, 0.4) is 0 Å². The normalized spacial score (nSPS) is 20.0. The molecule has 0 saturated carbocycles. The minimum Gasteiger partial charge on any atom is -0.462 e. The third kappa shape index (κ3) is 2.55. The number of Topliss-reactive ketones (excluding diaryl/α,β-unsaturated/α-hetero) is 1. The summed E-state index contributed by atoms with van der Waals surface area (Å²) in [5.74, 6) is -0.526. The fourth-order valence-corrected chi connectivity index (χ4v) is 4.57. The Morgan fingerprint density at radius 3 is 2.59 bits per heavy atom. The van der Waals surface area contributed by atoms with Crippen molar-refractivity contribution in [3.8, 4) is 0 Å². The van der Waals surface area contributed by atoms with Gasteiger partial charge >= 0.3 is 5.97 Å². The lowest BCUT2D eigenvalue weighted by atomic mass is 9.83. The highest BCUT2D eigenvalue weighted by atomic mass is 16.5. The molecule has 2 aliphatic heterocycles. The first kappa shape index (κ1) is 17.8. The van der Waals surface area contributed by atoms with Crippen LogP contribution in [0.25, 0.3) is 12.2 Å². The first-order valence-corrected chi connectivity index (χ1v) is 9.92. The van der Waals surface area contributed by atoms with E-state index < -0.39 is 11.5 Å². The fourth-order valence-electron chi connectivity index (χ4n) is 4.57. The minimum absolute atomic E-state index is 0.0510. The van der Waals surface area contributed by atoms with Crippen molar-refractivity contribution in [2.24, 2.45) is 0 Å². The van der Waals surface area contributed by atoms with E-state index in [4.69, 9.17) is 4.74 Å². The summed E-state index contributed by atoms with van der Waals surface area (Å²) < 4.78 is 5.26. The summed E-state index contributed by atoms with van der Waals surface area (Å²) in [4.78, 5) is 28.1. The highest BCUT2D eigenvalue weighted by Gasteiger charge is 2.42. The number of carbonyl (C=O) groups is 2. The summed E-state index contributed by atoms with van der Waals surface area (Å²) >= 11 is 0. The summed E-state index contributed by atoms with van der Waals surface area (Å²) in [7, 11) is 1.97. The van der Waals surface area contributed by atoms with Gasteiger partial charge in [-0.2, -0.15) is 0 Å². The van der Waals surface area contributed by atoms with E-state index in [9.17, 15) is 9.59 Å². The molecule has 0 saturated heterocycles. The van der Waals surface area contributed by atoms with Crippen LogP contribution in [-0.2, 0) is 4.74 Å². The molecule has 2 heterocycles. The molecule has 148 valence electrons. The number of hydrogen-bond acceptors (Lipinski definition) is 6. The molecule has 3 aliphatic rings. The Morgan fingerprint density at radius 1 is 1.24 bits per heavy atom. The number of carbonyl (C=O) groups excluding carboxylic acids is 2. The van der Waals surface area contributed by atoms with Crippen LogP contribution in [0.4, 0.5) is 17.1 Å². The number of ether oxygens (including phenoxy) is 1. The number of hydrogen-bond donors (Lipinski definition) is 2. The van der Waals surface area contributed by atoms with Crippen LogP contribution in [0.15, 0.2) is 30.3 Å². The molecule has 0 radical (unpaired) electrons. The number of esters is 1. The van der Waals surface area contributed by atoms with Crippen LogP contribution < -0.4 is 26.0 Å². The van der Waals surface area contributed by atoms with E-state index in [0.29, 0.717) is 16.8 Å². The molecule has 29 heavy (non-hydrogen) atoms. The highest BCUT2D eigenvalue weighted by molar-refractivity contribution is 6.17.